The number of aliphatic imine (C=N–C) groups is 1. The fourth-order valence-corrected chi connectivity index (χ4v) is 4.20. The van der Waals surface area contributed by atoms with Gasteiger partial charge < -0.3 is 20.1 Å². The van der Waals surface area contributed by atoms with Crippen LogP contribution < -0.4 is 10.6 Å². The van der Waals surface area contributed by atoms with Gasteiger partial charge in [-0.3, -0.25) is 14.7 Å². The molecule has 1 fully saturated rings. The molecule has 9 nitrogen and oxygen atoms in total. The van der Waals surface area contributed by atoms with E-state index in [2.05, 4.69) is 40.2 Å². The average Bonchev–Trinajstić information content (AvgIpc) is 2.94. The molecule has 3 heterocycles. The van der Waals surface area contributed by atoms with Gasteiger partial charge in [0.25, 0.3) is 0 Å². The van der Waals surface area contributed by atoms with Crippen molar-refractivity contribution in [3.8, 4) is 0 Å². The summed E-state index contributed by atoms with van der Waals surface area (Å²) in [5.74, 6) is 3.33. The van der Waals surface area contributed by atoms with Crippen LogP contribution in [0.15, 0.2) is 4.99 Å². The van der Waals surface area contributed by atoms with Gasteiger partial charge in [-0.15, -0.1) is 34.2 Å². The molecule has 2 aliphatic rings. The first-order chi connectivity index (χ1) is 14.6. The molecule has 0 radical (unpaired) electrons. The minimum atomic E-state index is 0. The lowest BCUT2D eigenvalue weighted by Gasteiger charge is -2.36. The quantitative estimate of drug-likeness (QED) is 0.232. The summed E-state index contributed by atoms with van der Waals surface area (Å²) in [5, 5.41) is 15.3. The lowest BCUT2D eigenvalue weighted by molar-refractivity contribution is -0.123. The molecule has 2 aliphatic heterocycles. The molecule has 0 spiro atoms. The van der Waals surface area contributed by atoms with Crippen molar-refractivity contribution in [3.05, 3.63) is 11.6 Å². The number of aryl methyl sites for hydroxylation is 2. The van der Waals surface area contributed by atoms with Crippen LogP contribution in [0.25, 0.3) is 0 Å². The number of halogens is 1. The number of piperazine rings is 1. The Morgan fingerprint density at radius 1 is 1.10 bits per heavy atom. The molecule has 0 aromatic carbocycles. The summed E-state index contributed by atoms with van der Waals surface area (Å²) in [5.41, 5.74) is 0. The van der Waals surface area contributed by atoms with E-state index in [0.29, 0.717) is 6.54 Å². The highest BCUT2D eigenvalue weighted by atomic mass is 127. The van der Waals surface area contributed by atoms with E-state index in [-0.39, 0.29) is 35.9 Å². The maximum atomic E-state index is 12.0. The highest BCUT2D eigenvalue weighted by molar-refractivity contribution is 14.0. The van der Waals surface area contributed by atoms with Crippen molar-refractivity contribution in [2.24, 2.45) is 4.99 Å². The molecule has 0 unspecified atom stereocenters. The van der Waals surface area contributed by atoms with Gasteiger partial charge in [0.05, 0.1) is 6.54 Å². The minimum Gasteiger partial charge on any atom is -0.356 e. The van der Waals surface area contributed by atoms with Crippen LogP contribution in [-0.2, 0) is 24.2 Å². The van der Waals surface area contributed by atoms with Crippen LogP contribution in [0.5, 0.6) is 0 Å². The molecule has 1 amide bonds. The molecule has 1 aromatic heterocycles. The fourth-order valence-electron chi connectivity index (χ4n) is 4.20. The first kappa shape index (κ1) is 25.8. The second kappa shape index (κ2) is 13.2. The maximum Gasteiger partial charge on any atom is 0.234 e. The summed E-state index contributed by atoms with van der Waals surface area (Å²) < 4.78 is 2.33. The molecular weight excluding hydrogens is 507 g/mol. The first-order valence-corrected chi connectivity index (χ1v) is 11.4. The summed E-state index contributed by atoms with van der Waals surface area (Å²) in [6.07, 6.45) is 6.75. The summed E-state index contributed by atoms with van der Waals surface area (Å²) >= 11 is 0. The van der Waals surface area contributed by atoms with Gasteiger partial charge in [0, 0.05) is 65.2 Å². The number of hydrogen-bond acceptors (Lipinski definition) is 5. The van der Waals surface area contributed by atoms with Gasteiger partial charge in [-0.1, -0.05) is 6.42 Å². The zero-order chi connectivity index (χ0) is 21.3. The largest absolute Gasteiger partial charge is 0.356 e. The van der Waals surface area contributed by atoms with E-state index in [1.165, 1.54) is 19.3 Å². The monoisotopic (exact) mass is 546 g/mol. The zero-order valence-corrected chi connectivity index (χ0v) is 21.6. The highest BCUT2D eigenvalue weighted by Gasteiger charge is 2.21. The predicted molar refractivity (Wildman–Crippen MR) is 134 cm³/mol. The lowest BCUT2D eigenvalue weighted by Crippen LogP contribution is -2.54. The van der Waals surface area contributed by atoms with Gasteiger partial charge >= 0.3 is 0 Å². The standard InChI is InChI=1S/C21H38N8O.HI/c1-17(2)24-20(30)16-27-12-14-28(15-13-27)21(22-3)23-10-7-9-19-26-25-18-8-5-4-6-11-29(18)19;/h17H,4-16H2,1-3H3,(H,22,23)(H,24,30);1H. The van der Waals surface area contributed by atoms with Crippen LogP contribution in [-0.4, -0.2) is 88.8 Å². The van der Waals surface area contributed by atoms with Crippen molar-refractivity contribution in [2.75, 3.05) is 46.3 Å². The summed E-state index contributed by atoms with van der Waals surface area (Å²) in [4.78, 5) is 20.9. The van der Waals surface area contributed by atoms with E-state index in [4.69, 9.17) is 0 Å². The molecule has 0 aliphatic carbocycles. The number of nitrogens with one attached hydrogen (secondary N) is 2. The van der Waals surface area contributed by atoms with Crippen molar-refractivity contribution in [1.82, 2.24) is 35.2 Å². The van der Waals surface area contributed by atoms with Gasteiger partial charge in [-0.25, -0.2) is 0 Å². The van der Waals surface area contributed by atoms with Crippen LogP contribution in [0.1, 0.15) is 51.2 Å². The number of amides is 1. The smallest absolute Gasteiger partial charge is 0.234 e. The van der Waals surface area contributed by atoms with Crippen molar-refractivity contribution < 1.29 is 4.79 Å². The SMILES string of the molecule is CN=C(NCCCc1nnc2n1CCCCC2)N1CCN(CC(=O)NC(C)C)CC1.I. The Kier molecular flexibility index (Phi) is 11.0. The Balaban J connectivity index is 0.00000341. The topological polar surface area (TPSA) is 90.7 Å². The Labute approximate surface area is 203 Å². The normalized spacial score (nSPS) is 17.7. The summed E-state index contributed by atoms with van der Waals surface area (Å²) in [7, 11) is 1.84. The molecule has 2 N–H and O–H groups in total. The Bertz CT molecular complexity index is 712. The van der Waals surface area contributed by atoms with Gasteiger partial charge in [-0.05, 0) is 33.1 Å². The molecule has 0 saturated carbocycles. The first-order valence-electron chi connectivity index (χ1n) is 11.4. The van der Waals surface area contributed by atoms with Crippen molar-refractivity contribution in [1.29, 1.82) is 0 Å². The molecule has 1 saturated heterocycles. The van der Waals surface area contributed by atoms with Crippen LogP contribution in [0.2, 0.25) is 0 Å². The summed E-state index contributed by atoms with van der Waals surface area (Å²) in [6, 6.07) is 0.189. The molecule has 0 atom stereocenters. The van der Waals surface area contributed by atoms with Crippen molar-refractivity contribution in [2.45, 2.75) is 65.0 Å². The molecule has 176 valence electrons. The number of nitrogens with zero attached hydrogens (tertiary/aromatic N) is 6. The number of rotatable bonds is 7. The molecule has 10 heteroatoms. The van der Waals surface area contributed by atoms with Crippen LogP contribution in [0.3, 0.4) is 0 Å². The third kappa shape index (κ3) is 7.89. The number of aromatic nitrogens is 3. The molecule has 1 aromatic rings. The van der Waals surface area contributed by atoms with Gasteiger partial charge in [0.15, 0.2) is 5.96 Å². The maximum absolute atomic E-state index is 12.0. The average molecular weight is 547 g/mol. The predicted octanol–water partition coefficient (Wildman–Crippen LogP) is 1.27. The number of hydrogen-bond donors (Lipinski definition) is 2. The molecule has 3 rings (SSSR count). The number of guanidine groups is 1. The fraction of sp³-hybridized carbons (Fsp3) is 0.810. The van der Waals surface area contributed by atoms with E-state index in [9.17, 15) is 4.79 Å². The Morgan fingerprint density at radius 3 is 2.58 bits per heavy atom. The minimum absolute atomic E-state index is 0. The van der Waals surface area contributed by atoms with E-state index in [1.807, 2.05) is 20.9 Å². The van der Waals surface area contributed by atoms with Crippen molar-refractivity contribution >= 4 is 35.8 Å². The van der Waals surface area contributed by atoms with Crippen molar-refractivity contribution in [3.63, 3.8) is 0 Å². The number of carbonyl (C=O) groups excluding carboxylic acids is 1. The van der Waals surface area contributed by atoms with Crippen LogP contribution in [0.4, 0.5) is 0 Å². The van der Waals surface area contributed by atoms with E-state index < -0.39 is 0 Å². The number of fused-ring (bicyclic) bond motifs is 1. The zero-order valence-electron chi connectivity index (χ0n) is 19.3. The molecule has 31 heavy (non-hydrogen) atoms. The van der Waals surface area contributed by atoms with E-state index in [1.54, 1.807) is 0 Å². The van der Waals surface area contributed by atoms with Crippen LogP contribution >= 0.6 is 24.0 Å². The molecule has 0 bridgehead atoms. The summed E-state index contributed by atoms with van der Waals surface area (Å²) in [6.45, 7) is 9.89. The third-order valence-electron chi connectivity index (χ3n) is 5.75. The van der Waals surface area contributed by atoms with E-state index >= 15 is 0 Å². The lowest BCUT2D eigenvalue weighted by atomic mass is 10.2. The van der Waals surface area contributed by atoms with E-state index in [0.717, 1.165) is 76.1 Å². The van der Waals surface area contributed by atoms with Gasteiger partial charge in [0.2, 0.25) is 5.91 Å². The molecular formula is C21H39IN8O. The second-order valence-electron chi connectivity index (χ2n) is 8.56. The highest BCUT2D eigenvalue weighted by Crippen LogP contribution is 2.15. The second-order valence-corrected chi connectivity index (χ2v) is 8.56. The van der Waals surface area contributed by atoms with Gasteiger partial charge in [0.1, 0.15) is 11.6 Å². The Hall–Kier alpha value is -1.43. The third-order valence-corrected chi connectivity index (χ3v) is 5.75. The Morgan fingerprint density at radius 2 is 1.87 bits per heavy atom. The number of carbonyl (C=O) groups is 1. The van der Waals surface area contributed by atoms with Crippen LogP contribution in [0, 0.1) is 0 Å². The van der Waals surface area contributed by atoms with Gasteiger partial charge in [-0.2, -0.15) is 0 Å².